The van der Waals surface area contributed by atoms with Crippen LogP contribution in [0.3, 0.4) is 0 Å². The van der Waals surface area contributed by atoms with Crippen molar-refractivity contribution < 1.29 is 23.8 Å². The molecule has 2 aromatic heterocycles. The first-order valence-electron chi connectivity index (χ1n) is 8.56. The van der Waals surface area contributed by atoms with Crippen molar-refractivity contribution >= 4 is 34.1 Å². The van der Waals surface area contributed by atoms with E-state index in [1.165, 1.54) is 11.3 Å². The average molecular weight is 403 g/mol. The molecule has 2 heterocycles. The largest absolute Gasteiger partial charge is 0.488 e. The van der Waals surface area contributed by atoms with E-state index in [0.29, 0.717) is 22.5 Å². The monoisotopic (exact) mass is 403 g/mol. The summed E-state index contributed by atoms with van der Waals surface area (Å²) in [6, 6.07) is 3.26. The number of rotatable bonds is 7. The van der Waals surface area contributed by atoms with E-state index < -0.39 is 24.3 Å². The number of ether oxygens (including phenoxy) is 1. The van der Waals surface area contributed by atoms with Crippen molar-refractivity contribution in [1.29, 1.82) is 0 Å². The van der Waals surface area contributed by atoms with Gasteiger partial charge in [-0.25, -0.2) is 4.98 Å². The van der Waals surface area contributed by atoms with Crippen molar-refractivity contribution in [3.8, 4) is 5.75 Å². The summed E-state index contributed by atoms with van der Waals surface area (Å²) in [5.41, 5.74) is 12.7. The number of thiazole rings is 1. The summed E-state index contributed by atoms with van der Waals surface area (Å²) in [6.45, 7) is 5.06. The van der Waals surface area contributed by atoms with Crippen molar-refractivity contribution in [3.05, 3.63) is 44.6 Å². The Morgan fingerprint density at radius 3 is 2.54 bits per heavy atom. The zero-order chi connectivity index (χ0) is 20.6. The third kappa shape index (κ3) is 3.46. The first-order valence-corrected chi connectivity index (χ1v) is 9.37. The van der Waals surface area contributed by atoms with Crippen molar-refractivity contribution in [2.75, 3.05) is 6.61 Å². The summed E-state index contributed by atoms with van der Waals surface area (Å²) in [4.78, 5) is 29.3. The van der Waals surface area contributed by atoms with Crippen molar-refractivity contribution in [2.24, 2.45) is 11.5 Å². The third-order valence-corrected chi connectivity index (χ3v) is 5.56. The van der Waals surface area contributed by atoms with Gasteiger partial charge in [-0.2, -0.15) is 0 Å². The number of hydrogen-bond acceptors (Lipinski definition) is 7. The van der Waals surface area contributed by atoms with Gasteiger partial charge in [0.15, 0.2) is 0 Å². The Labute approximate surface area is 165 Å². The number of hydrogen-bond donors (Lipinski definition) is 3. The van der Waals surface area contributed by atoms with Gasteiger partial charge in [0.05, 0.1) is 33.7 Å². The Morgan fingerprint density at radius 2 is 2.00 bits per heavy atom. The van der Waals surface area contributed by atoms with Crippen LogP contribution in [0.4, 0.5) is 0 Å². The van der Waals surface area contributed by atoms with Gasteiger partial charge in [-0.1, -0.05) is 0 Å². The van der Waals surface area contributed by atoms with Gasteiger partial charge < -0.3 is 25.7 Å². The first-order chi connectivity index (χ1) is 13.2. The van der Waals surface area contributed by atoms with Gasteiger partial charge >= 0.3 is 0 Å². The van der Waals surface area contributed by atoms with E-state index in [-0.39, 0.29) is 17.7 Å². The molecule has 28 heavy (non-hydrogen) atoms. The zero-order valence-electron chi connectivity index (χ0n) is 15.7. The Balaban J connectivity index is 2.18. The number of carbonyl (C=O) groups excluding carboxylic acids is 2. The minimum absolute atomic E-state index is 0.139. The predicted octanol–water partition coefficient (Wildman–Crippen LogP) is 2.05. The van der Waals surface area contributed by atoms with Crippen LogP contribution in [-0.4, -0.2) is 28.5 Å². The van der Waals surface area contributed by atoms with Gasteiger partial charge in [-0.15, -0.1) is 11.3 Å². The van der Waals surface area contributed by atoms with Crippen LogP contribution in [0.2, 0.25) is 0 Å². The smallest absolute Gasteiger partial charge is 0.252 e. The van der Waals surface area contributed by atoms with E-state index in [2.05, 4.69) is 4.98 Å². The van der Waals surface area contributed by atoms with Crippen molar-refractivity contribution in [2.45, 2.75) is 33.3 Å². The lowest BCUT2D eigenvalue weighted by molar-refractivity contribution is -0.120. The molecule has 0 saturated heterocycles. The lowest BCUT2D eigenvalue weighted by Gasteiger charge is -2.18. The van der Waals surface area contributed by atoms with E-state index in [4.69, 9.17) is 20.6 Å². The van der Waals surface area contributed by atoms with Crippen LogP contribution in [0.1, 0.15) is 43.2 Å². The lowest BCUT2D eigenvalue weighted by atomic mass is 9.92. The fourth-order valence-corrected chi connectivity index (χ4v) is 4.11. The standard InChI is InChI=1S/C19H21N3O5S/c1-8-14(28-10(3)22-8)7-26-12-4-5-13-17(15(19(21)25)9(2)27-13)16(12)11(6-23)18(20)24/h4-5,11,23H,6-7H2,1-3H3,(H2,20,24)(H2,21,25). The van der Waals surface area contributed by atoms with Gasteiger partial charge in [-0.05, 0) is 32.9 Å². The van der Waals surface area contributed by atoms with Gasteiger partial charge in [0, 0.05) is 10.9 Å². The molecular formula is C19H21N3O5S. The van der Waals surface area contributed by atoms with E-state index in [1.54, 1.807) is 19.1 Å². The molecule has 9 heteroatoms. The summed E-state index contributed by atoms with van der Waals surface area (Å²) in [5, 5.41) is 11.0. The van der Waals surface area contributed by atoms with Gasteiger partial charge in [0.25, 0.3) is 5.91 Å². The number of aryl methyl sites for hydroxylation is 3. The number of aromatic nitrogens is 1. The Bertz CT molecular complexity index is 1070. The number of fused-ring (bicyclic) bond motifs is 1. The normalized spacial score (nSPS) is 12.3. The van der Waals surface area contributed by atoms with Crippen molar-refractivity contribution in [1.82, 2.24) is 4.98 Å². The maximum atomic E-state index is 12.0. The Kier molecular flexibility index (Phi) is 5.39. The Hall–Kier alpha value is -2.91. The molecule has 0 aliphatic heterocycles. The third-order valence-electron chi connectivity index (χ3n) is 4.51. The number of benzene rings is 1. The van der Waals surface area contributed by atoms with E-state index in [0.717, 1.165) is 15.6 Å². The fraction of sp³-hybridized carbons (Fsp3) is 0.316. The molecule has 1 aromatic carbocycles. The number of amides is 2. The number of carbonyl (C=O) groups is 2. The molecule has 0 aliphatic rings. The van der Waals surface area contributed by atoms with Crippen LogP contribution in [0.15, 0.2) is 16.5 Å². The molecule has 1 atom stereocenters. The highest BCUT2D eigenvalue weighted by atomic mass is 32.1. The first kappa shape index (κ1) is 19.8. The van der Waals surface area contributed by atoms with Crippen LogP contribution in [0.5, 0.6) is 5.75 Å². The predicted molar refractivity (Wildman–Crippen MR) is 104 cm³/mol. The topological polar surface area (TPSA) is 142 Å². The van der Waals surface area contributed by atoms with E-state index in [1.807, 2.05) is 13.8 Å². The van der Waals surface area contributed by atoms with Crippen LogP contribution in [0.25, 0.3) is 11.0 Å². The summed E-state index contributed by atoms with van der Waals surface area (Å²) >= 11 is 1.51. The molecule has 5 N–H and O–H groups in total. The fourth-order valence-electron chi connectivity index (χ4n) is 3.26. The minimum Gasteiger partial charge on any atom is -0.488 e. The van der Waals surface area contributed by atoms with Gasteiger partial charge in [0.2, 0.25) is 5.91 Å². The molecule has 0 aliphatic carbocycles. The summed E-state index contributed by atoms with van der Waals surface area (Å²) < 4.78 is 11.6. The highest BCUT2D eigenvalue weighted by molar-refractivity contribution is 7.11. The Morgan fingerprint density at radius 1 is 1.29 bits per heavy atom. The van der Waals surface area contributed by atoms with Gasteiger partial charge in [-0.3, -0.25) is 9.59 Å². The zero-order valence-corrected chi connectivity index (χ0v) is 16.6. The number of aliphatic hydroxyl groups excluding tert-OH is 1. The number of nitrogens with two attached hydrogens (primary N) is 2. The summed E-state index contributed by atoms with van der Waals surface area (Å²) in [5.74, 6) is -1.91. The maximum Gasteiger partial charge on any atom is 0.252 e. The highest BCUT2D eigenvalue weighted by Crippen LogP contribution is 2.39. The second kappa shape index (κ2) is 7.61. The summed E-state index contributed by atoms with van der Waals surface area (Å²) in [6.07, 6.45) is 0. The van der Waals surface area contributed by atoms with E-state index in [9.17, 15) is 14.7 Å². The van der Waals surface area contributed by atoms with Crippen LogP contribution in [-0.2, 0) is 11.4 Å². The molecule has 1 unspecified atom stereocenters. The molecule has 3 aromatic rings. The second-order valence-corrected chi connectivity index (χ2v) is 7.70. The van der Waals surface area contributed by atoms with Crippen molar-refractivity contribution in [3.63, 3.8) is 0 Å². The second-order valence-electron chi connectivity index (χ2n) is 6.42. The highest BCUT2D eigenvalue weighted by Gasteiger charge is 2.29. The number of aliphatic hydroxyl groups is 1. The quantitative estimate of drug-likeness (QED) is 0.551. The molecule has 0 saturated carbocycles. The van der Waals surface area contributed by atoms with E-state index >= 15 is 0 Å². The molecule has 0 spiro atoms. The molecule has 0 fully saturated rings. The SMILES string of the molecule is Cc1nc(C)c(COc2ccc3oc(C)c(C(N)=O)c3c2C(CO)C(N)=O)s1. The molecule has 148 valence electrons. The van der Waals surface area contributed by atoms with Crippen LogP contribution >= 0.6 is 11.3 Å². The maximum absolute atomic E-state index is 12.0. The average Bonchev–Trinajstić information content (AvgIpc) is 3.11. The number of nitrogens with zero attached hydrogens (tertiary/aromatic N) is 1. The molecule has 0 radical (unpaired) electrons. The minimum atomic E-state index is -1.09. The molecular weight excluding hydrogens is 382 g/mol. The number of furan rings is 1. The number of primary amides is 2. The molecule has 8 nitrogen and oxygen atoms in total. The van der Waals surface area contributed by atoms with Crippen LogP contribution in [0, 0.1) is 20.8 Å². The van der Waals surface area contributed by atoms with Crippen LogP contribution < -0.4 is 16.2 Å². The lowest BCUT2D eigenvalue weighted by Crippen LogP contribution is -2.25. The van der Waals surface area contributed by atoms with Gasteiger partial charge in [0.1, 0.15) is 23.7 Å². The summed E-state index contributed by atoms with van der Waals surface area (Å²) in [7, 11) is 0. The molecule has 0 bridgehead atoms. The molecule has 3 rings (SSSR count). The molecule has 2 amide bonds.